The summed E-state index contributed by atoms with van der Waals surface area (Å²) in [4.78, 5) is 4.80. The minimum Gasteiger partial charge on any atom is -0.309 e. The summed E-state index contributed by atoms with van der Waals surface area (Å²) in [5.41, 5.74) is 1.24. The molecule has 0 aromatic heterocycles. The van der Waals surface area contributed by atoms with Gasteiger partial charge in [0, 0.05) is 18.8 Å². The van der Waals surface area contributed by atoms with Crippen molar-refractivity contribution in [1.29, 1.82) is 0 Å². The fraction of sp³-hybridized carbons (Fsp3) is 0.833. The summed E-state index contributed by atoms with van der Waals surface area (Å²) in [7, 11) is 4.32. The van der Waals surface area contributed by atoms with Crippen molar-refractivity contribution in [1.82, 2.24) is 9.80 Å². The van der Waals surface area contributed by atoms with Crippen molar-refractivity contribution in [2.24, 2.45) is 5.92 Å². The topological polar surface area (TPSA) is 6.48 Å². The average molecular weight is 228 g/mol. The summed E-state index contributed by atoms with van der Waals surface area (Å²) < 4.78 is 0. The van der Waals surface area contributed by atoms with Gasteiger partial charge in [-0.25, -0.2) is 0 Å². The molecule has 1 rings (SSSR count). The second-order valence-corrected chi connectivity index (χ2v) is 5.21. The lowest BCUT2D eigenvalue weighted by atomic mass is 9.96. The van der Waals surface area contributed by atoms with E-state index >= 15 is 0 Å². The van der Waals surface area contributed by atoms with Crippen LogP contribution in [0.4, 0.5) is 0 Å². The van der Waals surface area contributed by atoms with Crippen LogP contribution in [0.25, 0.3) is 0 Å². The van der Waals surface area contributed by atoms with Gasteiger partial charge < -0.3 is 4.90 Å². The first-order valence-corrected chi connectivity index (χ1v) is 6.39. The Kier molecular flexibility index (Phi) is 5.72. The Morgan fingerprint density at radius 2 is 2.00 bits per heavy atom. The highest BCUT2D eigenvalue weighted by Gasteiger charge is 2.19. The summed E-state index contributed by atoms with van der Waals surface area (Å²) in [5, 5.41) is 0. The summed E-state index contributed by atoms with van der Waals surface area (Å²) in [6.45, 7) is 8.74. The monoisotopic (exact) mass is 228 g/mol. The molecule has 1 saturated heterocycles. The van der Waals surface area contributed by atoms with E-state index < -0.39 is 0 Å². The maximum Gasteiger partial charge on any atom is 0.0198 e. The minimum absolute atomic E-state index is 0.817. The van der Waals surface area contributed by atoms with E-state index in [4.69, 9.17) is 0 Å². The van der Waals surface area contributed by atoms with E-state index in [0.717, 1.165) is 18.2 Å². The van der Waals surface area contributed by atoms with Crippen molar-refractivity contribution >= 4 is 12.6 Å². The molecule has 1 heterocycles. The van der Waals surface area contributed by atoms with Crippen molar-refractivity contribution in [2.75, 3.05) is 46.0 Å². The Morgan fingerprint density at radius 3 is 2.47 bits per heavy atom. The second-order valence-electron chi connectivity index (χ2n) is 4.89. The molecule has 0 radical (unpaired) electrons. The van der Waals surface area contributed by atoms with Gasteiger partial charge in [-0.15, -0.1) is 0 Å². The summed E-state index contributed by atoms with van der Waals surface area (Å²) >= 11 is 4.25. The molecule has 0 aromatic rings. The number of nitrogens with zero attached hydrogens (tertiary/aromatic N) is 2. The third kappa shape index (κ3) is 5.05. The van der Waals surface area contributed by atoms with Crippen LogP contribution in [0, 0.1) is 5.92 Å². The molecule has 3 heteroatoms. The molecule has 0 aromatic carbocycles. The Morgan fingerprint density at radius 1 is 1.40 bits per heavy atom. The normalized spacial score (nSPS) is 19.7. The fourth-order valence-electron chi connectivity index (χ4n) is 2.21. The first-order valence-electron chi connectivity index (χ1n) is 5.76. The molecule has 1 fully saturated rings. The third-order valence-corrected chi connectivity index (χ3v) is 3.45. The number of likely N-dealkylation sites (tertiary alicyclic amines) is 1. The average Bonchev–Trinajstić information content (AvgIpc) is 2.20. The van der Waals surface area contributed by atoms with Gasteiger partial charge in [0.15, 0.2) is 0 Å². The van der Waals surface area contributed by atoms with E-state index in [1.165, 1.54) is 38.0 Å². The van der Waals surface area contributed by atoms with Crippen LogP contribution in [0.5, 0.6) is 0 Å². The Balaban J connectivity index is 2.20. The Bertz CT molecular complexity index is 196. The highest BCUT2D eigenvalue weighted by Crippen LogP contribution is 2.18. The number of rotatable bonds is 5. The van der Waals surface area contributed by atoms with Gasteiger partial charge in [-0.05, 0) is 45.9 Å². The van der Waals surface area contributed by atoms with E-state index in [1.807, 2.05) is 0 Å². The van der Waals surface area contributed by atoms with Crippen LogP contribution in [0.15, 0.2) is 12.2 Å². The molecule has 0 atom stereocenters. The molecule has 1 aliphatic rings. The lowest BCUT2D eigenvalue weighted by Gasteiger charge is -2.33. The second kappa shape index (κ2) is 6.56. The smallest absolute Gasteiger partial charge is 0.0198 e. The van der Waals surface area contributed by atoms with Gasteiger partial charge in [0.1, 0.15) is 0 Å². The number of hydrogen-bond acceptors (Lipinski definition) is 3. The molecule has 0 amide bonds. The van der Waals surface area contributed by atoms with Crippen LogP contribution >= 0.6 is 12.6 Å². The van der Waals surface area contributed by atoms with E-state index in [0.29, 0.717) is 0 Å². The van der Waals surface area contributed by atoms with Gasteiger partial charge in [0.2, 0.25) is 0 Å². The fourth-order valence-corrected chi connectivity index (χ4v) is 2.31. The van der Waals surface area contributed by atoms with Crippen LogP contribution in [0.3, 0.4) is 0 Å². The molecule has 15 heavy (non-hydrogen) atoms. The SMILES string of the molecule is C=C(CS)CN1CCC(CN(C)C)CC1. The Hall–Kier alpha value is 0.01000. The largest absolute Gasteiger partial charge is 0.309 e. The maximum atomic E-state index is 4.25. The maximum absolute atomic E-state index is 4.25. The lowest BCUT2D eigenvalue weighted by Crippen LogP contribution is -2.38. The first kappa shape index (κ1) is 13.1. The molecular weight excluding hydrogens is 204 g/mol. The Labute approximate surface area is 99.7 Å². The van der Waals surface area contributed by atoms with Crippen LogP contribution in [-0.2, 0) is 0 Å². The summed E-state index contributed by atoms with van der Waals surface area (Å²) in [6.07, 6.45) is 2.66. The number of thiol groups is 1. The lowest BCUT2D eigenvalue weighted by molar-refractivity contribution is 0.172. The first-order chi connectivity index (χ1) is 7.11. The molecule has 0 spiro atoms. The van der Waals surface area contributed by atoms with E-state index in [2.05, 4.69) is 43.1 Å². The molecule has 0 aliphatic carbocycles. The van der Waals surface area contributed by atoms with Gasteiger partial charge in [0.25, 0.3) is 0 Å². The van der Waals surface area contributed by atoms with Crippen molar-refractivity contribution in [2.45, 2.75) is 12.8 Å². The predicted molar refractivity (Wildman–Crippen MR) is 70.7 cm³/mol. The van der Waals surface area contributed by atoms with Gasteiger partial charge in [-0.2, -0.15) is 12.6 Å². The quantitative estimate of drug-likeness (QED) is 0.566. The van der Waals surface area contributed by atoms with Gasteiger partial charge in [0.05, 0.1) is 0 Å². The van der Waals surface area contributed by atoms with Crippen molar-refractivity contribution in [3.05, 3.63) is 12.2 Å². The molecular formula is C12H24N2S. The summed E-state index contributed by atoms with van der Waals surface area (Å²) in [5.74, 6) is 1.71. The van der Waals surface area contributed by atoms with Gasteiger partial charge in [-0.3, -0.25) is 4.90 Å². The standard InChI is InChI=1S/C12H24N2S/c1-11(10-15)8-14-6-4-12(5-7-14)9-13(2)3/h12,15H,1,4-10H2,2-3H3. The van der Waals surface area contributed by atoms with E-state index in [9.17, 15) is 0 Å². The highest BCUT2D eigenvalue weighted by molar-refractivity contribution is 7.80. The van der Waals surface area contributed by atoms with Crippen LogP contribution in [0.1, 0.15) is 12.8 Å². The van der Waals surface area contributed by atoms with Crippen LogP contribution < -0.4 is 0 Å². The van der Waals surface area contributed by atoms with Gasteiger partial charge >= 0.3 is 0 Å². The predicted octanol–water partition coefficient (Wildman–Crippen LogP) is 1.75. The van der Waals surface area contributed by atoms with Crippen LogP contribution in [-0.4, -0.2) is 55.8 Å². The molecule has 0 N–H and O–H groups in total. The minimum atomic E-state index is 0.817. The number of hydrogen-bond donors (Lipinski definition) is 1. The van der Waals surface area contributed by atoms with E-state index in [-0.39, 0.29) is 0 Å². The molecule has 0 saturated carbocycles. The number of piperidine rings is 1. The highest BCUT2D eigenvalue weighted by atomic mass is 32.1. The van der Waals surface area contributed by atoms with Crippen molar-refractivity contribution in [3.8, 4) is 0 Å². The van der Waals surface area contributed by atoms with E-state index in [1.54, 1.807) is 0 Å². The molecule has 2 nitrogen and oxygen atoms in total. The molecule has 88 valence electrons. The zero-order valence-electron chi connectivity index (χ0n) is 10.1. The summed E-state index contributed by atoms with van der Waals surface area (Å²) in [6, 6.07) is 0. The van der Waals surface area contributed by atoms with Crippen molar-refractivity contribution in [3.63, 3.8) is 0 Å². The van der Waals surface area contributed by atoms with Crippen LogP contribution in [0.2, 0.25) is 0 Å². The molecule has 1 aliphatic heterocycles. The zero-order chi connectivity index (χ0) is 11.3. The zero-order valence-corrected chi connectivity index (χ0v) is 11.0. The van der Waals surface area contributed by atoms with Crippen molar-refractivity contribution < 1.29 is 0 Å². The molecule has 0 unspecified atom stereocenters. The van der Waals surface area contributed by atoms with Gasteiger partial charge in [-0.1, -0.05) is 12.2 Å². The molecule has 0 bridgehead atoms. The third-order valence-electron chi connectivity index (χ3n) is 3.00.